The van der Waals surface area contributed by atoms with E-state index in [9.17, 15) is 9.59 Å². The summed E-state index contributed by atoms with van der Waals surface area (Å²) in [5.41, 5.74) is 0. The number of carbonyl (C=O) groups excluding carboxylic acids is 2. The Bertz CT molecular complexity index is 373. The van der Waals surface area contributed by atoms with Crippen LogP contribution >= 0.6 is 0 Å². The van der Waals surface area contributed by atoms with Crippen LogP contribution in [0, 0.1) is 23.7 Å². The highest BCUT2D eigenvalue weighted by molar-refractivity contribution is 6.04. The highest BCUT2D eigenvalue weighted by atomic mass is 16.2. The molecule has 1 unspecified atom stereocenters. The van der Waals surface area contributed by atoms with Gasteiger partial charge in [-0.3, -0.25) is 9.59 Å². The smallest absolute Gasteiger partial charge is 0.146 e. The topological polar surface area (TPSA) is 37.4 Å². The quantitative estimate of drug-likeness (QED) is 0.717. The fourth-order valence-electron chi connectivity index (χ4n) is 4.40. The minimum absolute atomic E-state index is 0.201. The Hall–Kier alpha value is -0.700. The van der Waals surface area contributed by atoms with Gasteiger partial charge in [0.25, 0.3) is 0 Å². The van der Waals surface area contributed by atoms with Gasteiger partial charge in [0.05, 0.1) is 5.92 Å². The molecule has 0 N–H and O–H groups in total. The molecular weight excluding hydrogens is 238 g/mol. The van der Waals surface area contributed by atoms with Crippen molar-refractivity contribution in [2.75, 3.05) is 20.1 Å². The minimum Gasteiger partial charge on any atom is -0.306 e. The highest BCUT2D eigenvalue weighted by Gasteiger charge is 2.43. The summed E-state index contributed by atoms with van der Waals surface area (Å²) < 4.78 is 0. The van der Waals surface area contributed by atoms with Gasteiger partial charge in [0.2, 0.25) is 0 Å². The summed E-state index contributed by atoms with van der Waals surface area (Å²) in [7, 11) is 2.15. The molecule has 3 fully saturated rings. The molecule has 1 aliphatic heterocycles. The summed E-state index contributed by atoms with van der Waals surface area (Å²) >= 11 is 0. The van der Waals surface area contributed by atoms with Gasteiger partial charge in [0, 0.05) is 18.9 Å². The molecule has 1 saturated heterocycles. The fourth-order valence-corrected chi connectivity index (χ4v) is 4.40. The lowest BCUT2D eigenvalue weighted by Crippen LogP contribution is -2.46. The molecule has 3 heteroatoms. The van der Waals surface area contributed by atoms with E-state index in [1.165, 1.54) is 12.8 Å². The number of hydrogen-bond acceptors (Lipinski definition) is 3. The molecule has 3 aliphatic rings. The summed E-state index contributed by atoms with van der Waals surface area (Å²) in [6, 6.07) is 0. The largest absolute Gasteiger partial charge is 0.306 e. The van der Waals surface area contributed by atoms with Crippen LogP contribution in [-0.2, 0) is 9.59 Å². The van der Waals surface area contributed by atoms with Crippen LogP contribution in [0.3, 0.4) is 0 Å². The zero-order valence-electron chi connectivity index (χ0n) is 11.9. The molecule has 2 aliphatic carbocycles. The summed E-state index contributed by atoms with van der Waals surface area (Å²) in [5.74, 6) is 1.61. The van der Waals surface area contributed by atoms with E-state index in [0.29, 0.717) is 18.3 Å². The van der Waals surface area contributed by atoms with Crippen molar-refractivity contribution < 1.29 is 9.59 Å². The number of carbonyl (C=O) groups is 2. The first-order chi connectivity index (χ1) is 9.15. The first kappa shape index (κ1) is 13.3. The SMILES string of the molecule is CN1CC[C@H]2CC(=O)C(C(=O)C3CCCC3)C[C@@H]2C1. The second-order valence-electron chi connectivity index (χ2n) is 6.91. The van der Waals surface area contributed by atoms with Gasteiger partial charge >= 0.3 is 0 Å². The molecule has 3 nitrogen and oxygen atoms in total. The maximum Gasteiger partial charge on any atom is 0.146 e. The average molecular weight is 263 g/mol. The van der Waals surface area contributed by atoms with Gasteiger partial charge < -0.3 is 4.90 Å². The lowest BCUT2D eigenvalue weighted by molar-refractivity contribution is -0.140. The van der Waals surface area contributed by atoms with E-state index in [2.05, 4.69) is 11.9 Å². The van der Waals surface area contributed by atoms with Gasteiger partial charge in [0.1, 0.15) is 11.6 Å². The highest BCUT2D eigenvalue weighted by Crippen LogP contribution is 2.39. The number of fused-ring (bicyclic) bond motifs is 1. The maximum atomic E-state index is 12.5. The van der Waals surface area contributed by atoms with Crippen molar-refractivity contribution in [2.45, 2.75) is 44.9 Å². The summed E-state index contributed by atoms with van der Waals surface area (Å²) in [6.45, 7) is 2.18. The van der Waals surface area contributed by atoms with E-state index >= 15 is 0 Å². The lowest BCUT2D eigenvalue weighted by atomic mass is 9.68. The molecule has 0 spiro atoms. The normalized spacial score (nSPS) is 37.3. The molecule has 0 radical (unpaired) electrons. The second kappa shape index (κ2) is 5.35. The minimum atomic E-state index is -0.254. The van der Waals surface area contributed by atoms with Crippen LogP contribution in [0.4, 0.5) is 0 Å². The molecule has 0 aromatic rings. The number of nitrogens with zero attached hydrogens (tertiary/aromatic N) is 1. The van der Waals surface area contributed by atoms with Crippen molar-refractivity contribution in [3.8, 4) is 0 Å². The third-order valence-electron chi connectivity index (χ3n) is 5.59. The van der Waals surface area contributed by atoms with Crippen molar-refractivity contribution in [2.24, 2.45) is 23.7 Å². The van der Waals surface area contributed by atoms with E-state index in [4.69, 9.17) is 0 Å². The van der Waals surface area contributed by atoms with Crippen molar-refractivity contribution in [3.63, 3.8) is 0 Å². The molecule has 3 rings (SSSR count). The summed E-state index contributed by atoms with van der Waals surface area (Å²) in [5, 5.41) is 0. The fraction of sp³-hybridized carbons (Fsp3) is 0.875. The number of ketones is 2. The van der Waals surface area contributed by atoms with Gasteiger partial charge in [-0.25, -0.2) is 0 Å². The molecular formula is C16H25NO2. The zero-order chi connectivity index (χ0) is 13.4. The van der Waals surface area contributed by atoms with E-state index in [1.54, 1.807) is 0 Å². The number of piperidine rings is 1. The lowest BCUT2D eigenvalue weighted by Gasteiger charge is -2.41. The van der Waals surface area contributed by atoms with Crippen LogP contribution in [-0.4, -0.2) is 36.6 Å². The van der Waals surface area contributed by atoms with Crippen LogP contribution in [0.1, 0.15) is 44.9 Å². The molecule has 0 aromatic carbocycles. The van der Waals surface area contributed by atoms with Gasteiger partial charge in [-0.05, 0) is 51.1 Å². The molecule has 0 bridgehead atoms. The van der Waals surface area contributed by atoms with Crippen molar-refractivity contribution in [1.29, 1.82) is 0 Å². The Morgan fingerprint density at radius 1 is 1.16 bits per heavy atom. The Morgan fingerprint density at radius 3 is 2.63 bits per heavy atom. The van der Waals surface area contributed by atoms with Gasteiger partial charge in [-0.2, -0.15) is 0 Å². The van der Waals surface area contributed by atoms with Crippen LogP contribution in [0.5, 0.6) is 0 Å². The monoisotopic (exact) mass is 263 g/mol. The molecule has 19 heavy (non-hydrogen) atoms. The molecule has 1 heterocycles. The first-order valence-corrected chi connectivity index (χ1v) is 7.90. The Kier molecular flexibility index (Phi) is 3.75. The first-order valence-electron chi connectivity index (χ1n) is 7.90. The van der Waals surface area contributed by atoms with Gasteiger partial charge in [-0.1, -0.05) is 12.8 Å². The number of likely N-dealkylation sites (tertiary alicyclic amines) is 1. The van der Waals surface area contributed by atoms with Gasteiger partial charge in [0.15, 0.2) is 0 Å². The predicted octanol–water partition coefficient (Wildman–Crippen LogP) is 2.29. The Labute approximate surface area is 115 Å². The number of hydrogen-bond donors (Lipinski definition) is 0. The zero-order valence-corrected chi connectivity index (χ0v) is 11.9. The predicted molar refractivity (Wildman–Crippen MR) is 73.8 cm³/mol. The van der Waals surface area contributed by atoms with Crippen molar-refractivity contribution in [1.82, 2.24) is 4.90 Å². The molecule has 3 atom stereocenters. The van der Waals surface area contributed by atoms with E-state index in [1.807, 2.05) is 0 Å². The second-order valence-corrected chi connectivity index (χ2v) is 6.91. The van der Waals surface area contributed by atoms with Crippen molar-refractivity contribution >= 4 is 11.6 Å². The molecule has 0 aromatic heterocycles. The summed E-state index contributed by atoms with van der Waals surface area (Å²) in [6.07, 6.45) is 7.04. The van der Waals surface area contributed by atoms with Crippen molar-refractivity contribution in [3.05, 3.63) is 0 Å². The van der Waals surface area contributed by atoms with Crippen LogP contribution < -0.4 is 0 Å². The third-order valence-corrected chi connectivity index (χ3v) is 5.59. The van der Waals surface area contributed by atoms with Crippen LogP contribution in [0.15, 0.2) is 0 Å². The Morgan fingerprint density at radius 2 is 1.89 bits per heavy atom. The maximum absolute atomic E-state index is 12.5. The third kappa shape index (κ3) is 2.62. The van der Waals surface area contributed by atoms with E-state index < -0.39 is 0 Å². The number of rotatable bonds is 2. The number of Topliss-reactive ketones (excluding diaryl/α,β-unsaturated/α-hetero) is 2. The molecule has 106 valence electrons. The molecule has 2 saturated carbocycles. The van der Waals surface area contributed by atoms with Gasteiger partial charge in [-0.15, -0.1) is 0 Å². The standard InChI is InChI=1S/C16H25NO2/c1-17-7-6-12-9-15(18)14(8-13(12)10-17)16(19)11-4-2-3-5-11/h11-14H,2-10H2,1H3/t12-,13+,14?/m0/s1. The molecule has 0 amide bonds. The van der Waals surface area contributed by atoms with E-state index in [-0.39, 0.29) is 23.4 Å². The van der Waals surface area contributed by atoms with E-state index in [0.717, 1.165) is 38.8 Å². The van der Waals surface area contributed by atoms with Crippen LogP contribution in [0.2, 0.25) is 0 Å². The Balaban J connectivity index is 1.68. The summed E-state index contributed by atoms with van der Waals surface area (Å²) in [4.78, 5) is 27.2. The van der Waals surface area contributed by atoms with Crippen LogP contribution in [0.25, 0.3) is 0 Å². The average Bonchev–Trinajstić information content (AvgIpc) is 2.91.